The van der Waals surface area contributed by atoms with E-state index in [0.29, 0.717) is 23.7 Å². The van der Waals surface area contributed by atoms with E-state index >= 15 is 0 Å². The summed E-state index contributed by atoms with van der Waals surface area (Å²) < 4.78 is 10.6. The average molecular weight is 331 g/mol. The molecule has 1 aromatic carbocycles. The Hall–Kier alpha value is -2.83. The van der Waals surface area contributed by atoms with Crippen LogP contribution < -0.4 is 4.74 Å². The molecule has 2 aromatic rings. The molecule has 7 nitrogen and oxygen atoms in total. The molecule has 2 N–H and O–H groups in total. The second-order valence-electron chi connectivity index (χ2n) is 5.20. The van der Waals surface area contributed by atoms with E-state index in [4.69, 9.17) is 9.47 Å². The van der Waals surface area contributed by atoms with Crippen molar-refractivity contribution in [2.75, 3.05) is 6.61 Å². The van der Waals surface area contributed by atoms with Gasteiger partial charge < -0.3 is 14.6 Å². The monoisotopic (exact) mass is 331 g/mol. The third kappa shape index (κ3) is 5.12. The Bertz CT molecular complexity index is 683. The molecule has 0 radical (unpaired) electrons. The van der Waals surface area contributed by atoms with Crippen LogP contribution in [0.2, 0.25) is 0 Å². The maximum absolute atomic E-state index is 11.8. The normalized spacial score (nSPS) is 12.2. The fourth-order valence-electron chi connectivity index (χ4n) is 1.85. The summed E-state index contributed by atoms with van der Waals surface area (Å²) in [7, 11) is 0. The van der Waals surface area contributed by atoms with E-state index < -0.39 is 12.1 Å². The van der Waals surface area contributed by atoms with Gasteiger partial charge in [-0.1, -0.05) is 13.3 Å². The minimum absolute atomic E-state index is 0.00214. The van der Waals surface area contributed by atoms with Crippen LogP contribution in [-0.2, 0) is 9.53 Å². The van der Waals surface area contributed by atoms with Crippen LogP contribution in [0.15, 0.2) is 35.5 Å². The van der Waals surface area contributed by atoms with Crippen LogP contribution in [0.1, 0.15) is 32.3 Å². The number of carbonyl (C=O) groups excluding carboxylic acids is 1. The van der Waals surface area contributed by atoms with Crippen LogP contribution in [0.5, 0.6) is 11.5 Å². The van der Waals surface area contributed by atoms with Gasteiger partial charge in [0.25, 0.3) is 0 Å². The van der Waals surface area contributed by atoms with Crippen molar-refractivity contribution in [2.45, 2.75) is 32.8 Å². The predicted octanol–water partition coefficient (Wildman–Crippen LogP) is 2.98. The second-order valence-corrected chi connectivity index (χ2v) is 5.20. The Balaban J connectivity index is 1.95. The third-order valence-corrected chi connectivity index (χ3v) is 3.22. The lowest BCUT2D eigenvalue weighted by Gasteiger charge is -2.14. The summed E-state index contributed by atoms with van der Waals surface area (Å²) in [4.78, 5) is 15.9. The van der Waals surface area contributed by atoms with E-state index in [0.717, 1.165) is 12.8 Å². The molecule has 0 amide bonds. The molecule has 1 aromatic heterocycles. The number of rotatable bonds is 8. The molecular weight excluding hydrogens is 310 g/mol. The van der Waals surface area contributed by atoms with E-state index in [9.17, 15) is 9.90 Å². The highest BCUT2D eigenvalue weighted by Gasteiger charge is 2.16. The van der Waals surface area contributed by atoms with Crippen LogP contribution in [-0.4, -0.2) is 40.2 Å². The van der Waals surface area contributed by atoms with Gasteiger partial charge in [-0.05, 0) is 25.5 Å². The Morgan fingerprint density at radius 1 is 1.46 bits per heavy atom. The summed E-state index contributed by atoms with van der Waals surface area (Å²) in [6, 6.07) is 6.45. The molecule has 1 atom stereocenters. The lowest BCUT2D eigenvalue weighted by atomic mass is 10.2. The number of benzene rings is 1. The largest absolute Gasteiger partial charge is 0.507 e. The van der Waals surface area contributed by atoms with Gasteiger partial charge in [-0.2, -0.15) is 5.10 Å². The number of unbranched alkanes of at least 4 members (excludes halogenated alkanes) is 1. The number of hydrogen-bond donors (Lipinski definition) is 2. The van der Waals surface area contributed by atoms with Gasteiger partial charge in [0.2, 0.25) is 0 Å². The molecule has 0 aliphatic carbocycles. The topological polar surface area (TPSA) is 96.8 Å². The number of H-pyrrole nitrogens is 1. The Morgan fingerprint density at radius 3 is 2.96 bits per heavy atom. The number of hydrogen-bond acceptors (Lipinski definition) is 6. The number of aromatic hydroxyl groups is 1. The van der Waals surface area contributed by atoms with E-state index in [1.807, 2.05) is 6.92 Å². The Kier molecular flexibility index (Phi) is 6.36. The average Bonchev–Trinajstić information content (AvgIpc) is 3.07. The van der Waals surface area contributed by atoms with Gasteiger partial charge in [-0.3, -0.25) is 5.10 Å². The Labute approximate surface area is 140 Å². The molecule has 0 fully saturated rings. The van der Waals surface area contributed by atoms with Gasteiger partial charge >= 0.3 is 5.97 Å². The fourth-order valence-corrected chi connectivity index (χ4v) is 1.85. The number of aliphatic imine (C=N–C) groups is 1. The fraction of sp³-hybridized carbons (Fsp3) is 0.353. The quantitative estimate of drug-likeness (QED) is 0.440. The van der Waals surface area contributed by atoms with Gasteiger partial charge in [0.05, 0.1) is 12.8 Å². The molecule has 0 saturated heterocycles. The maximum atomic E-state index is 11.8. The van der Waals surface area contributed by atoms with Crippen molar-refractivity contribution in [1.29, 1.82) is 0 Å². The van der Waals surface area contributed by atoms with Crippen LogP contribution in [0, 0.1) is 0 Å². The van der Waals surface area contributed by atoms with E-state index in [1.54, 1.807) is 31.3 Å². The van der Waals surface area contributed by atoms with Crippen LogP contribution in [0.4, 0.5) is 5.82 Å². The first kappa shape index (κ1) is 17.5. The SMILES string of the molecule is CCCCOC(=O)[C@H](C)Oc1ccc(/C=N/c2ccn[nH]2)c(O)c1. The minimum Gasteiger partial charge on any atom is -0.507 e. The van der Waals surface area contributed by atoms with E-state index in [2.05, 4.69) is 15.2 Å². The van der Waals surface area contributed by atoms with Crippen molar-refractivity contribution in [3.63, 3.8) is 0 Å². The van der Waals surface area contributed by atoms with Crippen molar-refractivity contribution in [1.82, 2.24) is 10.2 Å². The molecule has 0 aliphatic rings. The van der Waals surface area contributed by atoms with Gasteiger partial charge in [0.1, 0.15) is 17.3 Å². The summed E-state index contributed by atoms with van der Waals surface area (Å²) in [5.74, 6) is 0.541. The highest BCUT2D eigenvalue weighted by Crippen LogP contribution is 2.24. The summed E-state index contributed by atoms with van der Waals surface area (Å²) in [5, 5.41) is 16.5. The van der Waals surface area contributed by atoms with Crippen LogP contribution in [0.25, 0.3) is 0 Å². The number of carbonyl (C=O) groups is 1. The smallest absolute Gasteiger partial charge is 0.347 e. The summed E-state index contributed by atoms with van der Waals surface area (Å²) in [6.07, 6.45) is 4.13. The number of aromatic nitrogens is 2. The number of ether oxygens (including phenoxy) is 2. The molecule has 0 bridgehead atoms. The number of phenols is 1. The summed E-state index contributed by atoms with van der Waals surface area (Å²) in [6.45, 7) is 4.02. The predicted molar refractivity (Wildman–Crippen MR) is 89.9 cm³/mol. The summed E-state index contributed by atoms with van der Waals surface area (Å²) in [5.41, 5.74) is 0.523. The maximum Gasteiger partial charge on any atom is 0.347 e. The number of esters is 1. The minimum atomic E-state index is -0.745. The van der Waals surface area contributed by atoms with Crippen molar-refractivity contribution in [2.24, 2.45) is 4.99 Å². The highest BCUT2D eigenvalue weighted by atomic mass is 16.6. The van der Waals surface area contributed by atoms with Gasteiger partial charge in [-0.15, -0.1) is 0 Å². The highest BCUT2D eigenvalue weighted by molar-refractivity contribution is 5.85. The number of phenolic OH excluding ortho intramolecular Hbond substituents is 1. The van der Waals surface area contributed by atoms with E-state index in [1.165, 1.54) is 12.3 Å². The van der Waals surface area contributed by atoms with E-state index in [-0.39, 0.29) is 5.75 Å². The zero-order valence-corrected chi connectivity index (χ0v) is 13.7. The molecule has 0 spiro atoms. The molecular formula is C17H21N3O4. The van der Waals surface area contributed by atoms with Gasteiger partial charge in [-0.25, -0.2) is 9.79 Å². The molecule has 2 rings (SSSR count). The first-order valence-electron chi connectivity index (χ1n) is 7.80. The van der Waals surface area contributed by atoms with Crippen LogP contribution >= 0.6 is 0 Å². The molecule has 0 aliphatic heterocycles. The Morgan fingerprint density at radius 2 is 2.29 bits per heavy atom. The number of nitrogens with one attached hydrogen (secondary N) is 1. The number of nitrogens with zero attached hydrogens (tertiary/aromatic N) is 2. The molecule has 0 unspecified atom stereocenters. The first-order valence-corrected chi connectivity index (χ1v) is 7.80. The summed E-state index contributed by atoms with van der Waals surface area (Å²) >= 11 is 0. The molecule has 24 heavy (non-hydrogen) atoms. The van der Waals surface area contributed by atoms with Crippen molar-refractivity contribution >= 4 is 18.0 Å². The van der Waals surface area contributed by atoms with Crippen molar-refractivity contribution in [3.05, 3.63) is 36.0 Å². The molecule has 128 valence electrons. The first-order chi connectivity index (χ1) is 11.6. The molecule has 1 heterocycles. The number of aromatic amines is 1. The molecule has 7 heteroatoms. The molecule has 0 saturated carbocycles. The van der Waals surface area contributed by atoms with Crippen molar-refractivity contribution in [3.8, 4) is 11.5 Å². The second kappa shape index (κ2) is 8.71. The zero-order chi connectivity index (χ0) is 17.4. The third-order valence-electron chi connectivity index (χ3n) is 3.22. The lowest BCUT2D eigenvalue weighted by molar-refractivity contribution is -0.151. The lowest BCUT2D eigenvalue weighted by Crippen LogP contribution is -2.26. The van der Waals surface area contributed by atoms with Gasteiger partial charge in [0.15, 0.2) is 6.10 Å². The van der Waals surface area contributed by atoms with Crippen molar-refractivity contribution < 1.29 is 19.4 Å². The van der Waals surface area contributed by atoms with Gasteiger partial charge in [0, 0.05) is 23.9 Å². The standard InChI is InChI=1S/C17H21N3O4/c1-3-4-9-23-17(22)12(2)24-14-6-5-13(15(21)10-14)11-18-16-7-8-19-20-16/h5-8,10-12,21H,3-4,9H2,1-2H3,(H,19,20)/b18-11+/t12-/m0/s1. The van der Waals surface area contributed by atoms with Crippen LogP contribution in [0.3, 0.4) is 0 Å². The zero-order valence-electron chi connectivity index (χ0n) is 13.7.